The van der Waals surface area contributed by atoms with Crippen molar-refractivity contribution >= 4 is 17.4 Å². The molecule has 0 fully saturated rings. The van der Waals surface area contributed by atoms with Crippen LogP contribution < -0.4 is 21.9 Å². The number of H-pyrrole nitrogens is 1. The molecule has 9 nitrogen and oxygen atoms in total. The molecular formula is C23H22N4O5. The van der Waals surface area contributed by atoms with E-state index in [-0.39, 0.29) is 37.0 Å². The maximum Gasteiger partial charge on any atom is 0.330 e. The van der Waals surface area contributed by atoms with E-state index in [1.165, 1.54) is 15.7 Å². The average Bonchev–Trinajstić information content (AvgIpc) is 2.82. The summed E-state index contributed by atoms with van der Waals surface area (Å²) in [5, 5.41) is 0. The van der Waals surface area contributed by atoms with Crippen LogP contribution in [-0.4, -0.2) is 28.7 Å². The topological polar surface area (TPSA) is 120 Å². The van der Waals surface area contributed by atoms with Crippen LogP contribution in [0.3, 0.4) is 0 Å². The van der Waals surface area contributed by atoms with Crippen molar-refractivity contribution in [3.63, 3.8) is 0 Å². The van der Waals surface area contributed by atoms with Gasteiger partial charge in [-0.2, -0.15) is 0 Å². The minimum atomic E-state index is -0.765. The van der Waals surface area contributed by atoms with Crippen LogP contribution in [0.4, 0.5) is 11.5 Å². The number of hydrogen-bond acceptors (Lipinski definition) is 6. The second-order valence-corrected chi connectivity index (χ2v) is 7.14. The van der Waals surface area contributed by atoms with E-state index < -0.39 is 17.2 Å². The second kappa shape index (κ2) is 9.25. The molecule has 9 heteroatoms. The van der Waals surface area contributed by atoms with Crippen LogP contribution in [0.5, 0.6) is 0 Å². The Morgan fingerprint density at radius 1 is 1.00 bits per heavy atom. The molecule has 0 saturated heterocycles. The molecule has 0 bridgehead atoms. The molecule has 0 spiro atoms. The van der Waals surface area contributed by atoms with Crippen LogP contribution in [0.15, 0.2) is 82.3 Å². The molecule has 3 aromatic rings. The number of ether oxygens (including phenoxy) is 2. The van der Waals surface area contributed by atoms with E-state index in [4.69, 9.17) is 15.2 Å². The SMILES string of the molecule is Nc1c(N(Cc2ccccc2)C(=O)C2=COCCO2)c(=O)[nH]c(=O)n1Cc1ccccc1. The smallest absolute Gasteiger partial charge is 0.330 e. The molecule has 164 valence electrons. The molecule has 0 aliphatic carbocycles. The fourth-order valence-electron chi connectivity index (χ4n) is 3.39. The van der Waals surface area contributed by atoms with E-state index in [1.807, 2.05) is 60.7 Å². The highest BCUT2D eigenvalue weighted by Gasteiger charge is 2.29. The maximum absolute atomic E-state index is 13.3. The summed E-state index contributed by atoms with van der Waals surface area (Å²) < 4.78 is 11.9. The Labute approximate surface area is 183 Å². The number of nitrogen functional groups attached to an aromatic ring is 1. The molecule has 3 N–H and O–H groups in total. The van der Waals surface area contributed by atoms with Crippen LogP contribution >= 0.6 is 0 Å². The van der Waals surface area contributed by atoms with Crippen molar-refractivity contribution in [1.82, 2.24) is 9.55 Å². The number of aromatic nitrogens is 2. The first-order chi connectivity index (χ1) is 15.5. The zero-order valence-electron chi connectivity index (χ0n) is 17.2. The molecule has 0 atom stereocenters. The first-order valence-corrected chi connectivity index (χ1v) is 10.0. The lowest BCUT2D eigenvalue weighted by atomic mass is 10.2. The van der Waals surface area contributed by atoms with Gasteiger partial charge in [0.2, 0.25) is 5.76 Å². The number of carbonyl (C=O) groups excluding carboxylic acids is 1. The standard InChI is InChI=1S/C23H22N4O5/c24-20-19(21(28)25-23(30)27(20)14-17-9-5-2-6-10-17)26(13-16-7-3-1-4-8-16)22(29)18-15-31-11-12-32-18/h1-10,15H,11-14,24H2,(H,25,28,30). The van der Waals surface area contributed by atoms with E-state index >= 15 is 0 Å². The Balaban J connectivity index is 1.81. The second-order valence-electron chi connectivity index (χ2n) is 7.14. The minimum Gasteiger partial charge on any atom is -0.494 e. The third kappa shape index (κ3) is 4.41. The van der Waals surface area contributed by atoms with Gasteiger partial charge in [-0.15, -0.1) is 0 Å². The predicted molar refractivity (Wildman–Crippen MR) is 119 cm³/mol. The highest BCUT2D eigenvalue weighted by atomic mass is 16.6. The van der Waals surface area contributed by atoms with Gasteiger partial charge in [0, 0.05) is 0 Å². The Hall–Kier alpha value is -4.27. The quantitative estimate of drug-likeness (QED) is 0.608. The molecule has 2 heterocycles. The molecule has 1 aromatic heterocycles. The summed E-state index contributed by atoms with van der Waals surface area (Å²) in [6.07, 6.45) is 1.22. The lowest BCUT2D eigenvalue weighted by molar-refractivity contribution is -0.120. The Kier molecular flexibility index (Phi) is 6.07. The van der Waals surface area contributed by atoms with Gasteiger partial charge in [0.15, 0.2) is 5.69 Å². The summed E-state index contributed by atoms with van der Waals surface area (Å²) >= 11 is 0. The monoisotopic (exact) mass is 434 g/mol. The van der Waals surface area contributed by atoms with Gasteiger partial charge in [-0.3, -0.25) is 24.0 Å². The third-order valence-electron chi connectivity index (χ3n) is 4.96. The number of rotatable bonds is 6. The van der Waals surface area contributed by atoms with Gasteiger partial charge in [0.25, 0.3) is 11.5 Å². The van der Waals surface area contributed by atoms with Crippen molar-refractivity contribution < 1.29 is 14.3 Å². The molecule has 32 heavy (non-hydrogen) atoms. The Morgan fingerprint density at radius 3 is 2.28 bits per heavy atom. The van der Waals surface area contributed by atoms with Gasteiger partial charge >= 0.3 is 5.69 Å². The first kappa shape index (κ1) is 21.0. The number of nitrogens with zero attached hydrogens (tertiary/aromatic N) is 2. The van der Waals surface area contributed by atoms with Gasteiger partial charge in [0.1, 0.15) is 25.3 Å². The number of aromatic amines is 1. The summed E-state index contributed by atoms with van der Waals surface area (Å²) in [6.45, 7) is 0.693. The summed E-state index contributed by atoms with van der Waals surface area (Å²) in [6, 6.07) is 18.3. The fourth-order valence-corrected chi connectivity index (χ4v) is 3.39. The maximum atomic E-state index is 13.3. The van der Waals surface area contributed by atoms with Crippen LogP contribution in [0.25, 0.3) is 0 Å². The van der Waals surface area contributed by atoms with Crippen molar-refractivity contribution in [2.45, 2.75) is 13.1 Å². The fraction of sp³-hybridized carbons (Fsp3) is 0.174. The van der Waals surface area contributed by atoms with Crippen molar-refractivity contribution in [2.24, 2.45) is 0 Å². The van der Waals surface area contributed by atoms with Crippen LogP contribution in [0.1, 0.15) is 11.1 Å². The molecule has 4 rings (SSSR count). The highest BCUT2D eigenvalue weighted by Crippen LogP contribution is 2.23. The largest absolute Gasteiger partial charge is 0.494 e. The van der Waals surface area contributed by atoms with Gasteiger partial charge in [-0.05, 0) is 11.1 Å². The highest BCUT2D eigenvalue weighted by molar-refractivity contribution is 6.05. The first-order valence-electron chi connectivity index (χ1n) is 10.0. The number of carbonyl (C=O) groups is 1. The molecule has 0 radical (unpaired) electrons. The summed E-state index contributed by atoms with van der Waals surface area (Å²) in [7, 11) is 0. The zero-order valence-corrected chi connectivity index (χ0v) is 17.2. The number of anilines is 2. The molecule has 0 unspecified atom stereocenters. The summed E-state index contributed by atoms with van der Waals surface area (Å²) in [4.78, 5) is 42.2. The lowest BCUT2D eigenvalue weighted by Gasteiger charge is -2.26. The van der Waals surface area contributed by atoms with Crippen LogP contribution in [0.2, 0.25) is 0 Å². The van der Waals surface area contributed by atoms with E-state index in [0.717, 1.165) is 11.1 Å². The van der Waals surface area contributed by atoms with Gasteiger partial charge in [-0.25, -0.2) is 4.79 Å². The number of nitrogens with one attached hydrogen (secondary N) is 1. The number of amides is 1. The van der Waals surface area contributed by atoms with E-state index in [2.05, 4.69) is 4.98 Å². The predicted octanol–water partition coefficient (Wildman–Crippen LogP) is 1.59. The van der Waals surface area contributed by atoms with Crippen molar-refractivity contribution in [1.29, 1.82) is 0 Å². The number of benzene rings is 2. The van der Waals surface area contributed by atoms with Crippen LogP contribution in [-0.2, 0) is 27.4 Å². The lowest BCUT2D eigenvalue weighted by Crippen LogP contribution is -2.42. The minimum absolute atomic E-state index is 0.0389. The Bertz CT molecular complexity index is 1250. The van der Waals surface area contributed by atoms with Crippen molar-refractivity contribution in [2.75, 3.05) is 23.8 Å². The van der Waals surface area contributed by atoms with Crippen molar-refractivity contribution in [3.05, 3.63) is 105 Å². The molecule has 1 aliphatic heterocycles. The van der Waals surface area contributed by atoms with E-state index in [0.29, 0.717) is 6.61 Å². The molecule has 1 aliphatic rings. The number of hydrogen-bond donors (Lipinski definition) is 2. The van der Waals surface area contributed by atoms with Crippen molar-refractivity contribution in [3.8, 4) is 0 Å². The Morgan fingerprint density at radius 2 is 1.66 bits per heavy atom. The van der Waals surface area contributed by atoms with Gasteiger partial charge in [0.05, 0.1) is 13.1 Å². The van der Waals surface area contributed by atoms with Gasteiger partial charge in [-0.1, -0.05) is 60.7 Å². The molecular weight excluding hydrogens is 412 g/mol. The average molecular weight is 434 g/mol. The van der Waals surface area contributed by atoms with E-state index in [1.54, 1.807) is 0 Å². The van der Waals surface area contributed by atoms with E-state index in [9.17, 15) is 14.4 Å². The summed E-state index contributed by atoms with van der Waals surface area (Å²) in [5.41, 5.74) is 6.32. The number of nitrogens with two attached hydrogens (primary N) is 1. The molecule has 1 amide bonds. The third-order valence-corrected chi connectivity index (χ3v) is 4.96. The zero-order chi connectivity index (χ0) is 22.5. The van der Waals surface area contributed by atoms with Crippen LogP contribution in [0, 0.1) is 0 Å². The molecule has 2 aromatic carbocycles. The normalized spacial score (nSPS) is 12.9. The summed E-state index contributed by atoms with van der Waals surface area (Å²) in [5.74, 6) is -0.772. The van der Waals surface area contributed by atoms with Gasteiger partial charge < -0.3 is 15.2 Å². The molecule has 0 saturated carbocycles.